The van der Waals surface area contributed by atoms with E-state index in [2.05, 4.69) is 10.8 Å². The topological polar surface area (TPSA) is 98.9 Å². The van der Waals surface area contributed by atoms with Crippen LogP contribution in [0.2, 0.25) is 0 Å². The number of esters is 1. The van der Waals surface area contributed by atoms with Gasteiger partial charge in [0.15, 0.2) is 5.69 Å². The molecular formula is C20H19N5O2. The van der Waals surface area contributed by atoms with Crippen LogP contribution in [0.5, 0.6) is 0 Å². The van der Waals surface area contributed by atoms with E-state index in [1.54, 1.807) is 10.8 Å². The molecule has 2 aromatic heterocycles. The molecule has 1 aliphatic heterocycles. The molecule has 0 amide bonds. The van der Waals surface area contributed by atoms with Gasteiger partial charge in [0.1, 0.15) is 11.9 Å². The summed E-state index contributed by atoms with van der Waals surface area (Å²) in [5.74, 6) is 0.546. The highest BCUT2D eigenvalue weighted by atomic mass is 16.5. The summed E-state index contributed by atoms with van der Waals surface area (Å²) in [5, 5.41) is 9.22. The highest BCUT2D eigenvalue weighted by Crippen LogP contribution is 2.27. The van der Waals surface area contributed by atoms with Gasteiger partial charge in [0.2, 0.25) is 0 Å². The number of ether oxygens (including phenoxy) is 1. The van der Waals surface area contributed by atoms with Crippen molar-refractivity contribution in [1.82, 2.24) is 14.1 Å². The van der Waals surface area contributed by atoms with Crippen molar-refractivity contribution >= 4 is 11.7 Å². The van der Waals surface area contributed by atoms with Gasteiger partial charge in [-0.15, -0.1) is 0 Å². The Morgan fingerprint density at radius 2 is 2.04 bits per heavy atom. The van der Waals surface area contributed by atoms with E-state index in [0.717, 1.165) is 35.7 Å². The van der Waals surface area contributed by atoms with Gasteiger partial charge in [-0.05, 0) is 25.0 Å². The third kappa shape index (κ3) is 2.85. The Bertz CT molecular complexity index is 1030. The molecule has 27 heavy (non-hydrogen) atoms. The molecule has 0 atom stereocenters. The van der Waals surface area contributed by atoms with Crippen LogP contribution in [0.25, 0.3) is 16.9 Å². The Hall–Kier alpha value is -3.53. The maximum Gasteiger partial charge on any atom is 0.357 e. The summed E-state index contributed by atoms with van der Waals surface area (Å²) in [7, 11) is 1.29. The highest BCUT2D eigenvalue weighted by Gasteiger charge is 2.21. The number of methoxy groups -OCH3 is 1. The molecule has 0 spiro atoms. The standard InChI is InChI=1S/C20H19N5O2/c1-27-20(26)19-18(22)14(10-21)11-25(19)15-7-5-13(6-8-15)16-12-24-9-3-2-4-17(24)23-16/h5-8,11-12H,2-4,9,22H2,1H3. The summed E-state index contributed by atoms with van der Waals surface area (Å²) in [6.07, 6.45) is 7.02. The van der Waals surface area contributed by atoms with Crippen LogP contribution in [0.3, 0.4) is 0 Å². The molecule has 2 N–H and O–H groups in total. The molecule has 3 aromatic rings. The largest absolute Gasteiger partial charge is 0.464 e. The number of aromatic nitrogens is 3. The lowest BCUT2D eigenvalue weighted by atomic mass is 10.1. The molecule has 0 aliphatic carbocycles. The van der Waals surface area contributed by atoms with Gasteiger partial charge < -0.3 is 19.6 Å². The first-order valence-corrected chi connectivity index (χ1v) is 8.78. The zero-order chi connectivity index (χ0) is 19.0. The first-order chi connectivity index (χ1) is 13.1. The predicted molar refractivity (Wildman–Crippen MR) is 100 cm³/mol. The van der Waals surface area contributed by atoms with Gasteiger partial charge in [0.25, 0.3) is 0 Å². The maximum absolute atomic E-state index is 12.1. The Morgan fingerprint density at radius 3 is 2.70 bits per heavy atom. The van der Waals surface area contributed by atoms with E-state index < -0.39 is 5.97 Å². The lowest BCUT2D eigenvalue weighted by molar-refractivity contribution is 0.0593. The fraction of sp³-hybridized carbons (Fsp3) is 0.250. The average molecular weight is 361 g/mol. The monoisotopic (exact) mass is 361 g/mol. The van der Waals surface area contributed by atoms with Crippen molar-refractivity contribution in [3.05, 3.63) is 53.7 Å². The molecule has 0 saturated carbocycles. The lowest BCUT2D eigenvalue weighted by Gasteiger charge is -2.11. The smallest absolute Gasteiger partial charge is 0.357 e. The second kappa shape index (κ2) is 6.65. The van der Waals surface area contributed by atoms with E-state index in [1.165, 1.54) is 20.0 Å². The molecule has 0 fully saturated rings. The minimum Gasteiger partial charge on any atom is -0.464 e. The van der Waals surface area contributed by atoms with Crippen molar-refractivity contribution in [3.63, 3.8) is 0 Å². The molecule has 136 valence electrons. The van der Waals surface area contributed by atoms with E-state index in [4.69, 9.17) is 15.5 Å². The second-order valence-corrected chi connectivity index (χ2v) is 6.52. The number of aryl methyl sites for hydroxylation is 2. The third-order valence-corrected chi connectivity index (χ3v) is 4.89. The van der Waals surface area contributed by atoms with Crippen LogP contribution < -0.4 is 5.73 Å². The summed E-state index contributed by atoms with van der Waals surface area (Å²) < 4.78 is 8.62. The number of hydrogen-bond acceptors (Lipinski definition) is 5. The number of nitrogens with zero attached hydrogens (tertiary/aromatic N) is 4. The van der Waals surface area contributed by atoms with Crippen molar-refractivity contribution in [1.29, 1.82) is 5.26 Å². The van der Waals surface area contributed by atoms with Gasteiger partial charge in [-0.25, -0.2) is 9.78 Å². The van der Waals surface area contributed by atoms with Gasteiger partial charge in [0.05, 0.1) is 24.1 Å². The first-order valence-electron chi connectivity index (χ1n) is 8.78. The van der Waals surface area contributed by atoms with Crippen LogP contribution in [0.1, 0.15) is 34.7 Å². The number of rotatable bonds is 3. The van der Waals surface area contributed by atoms with Crippen molar-refractivity contribution in [2.24, 2.45) is 0 Å². The molecule has 0 unspecified atom stereocenters. The molecule has 7 heteroatoms. The van der Waals surface area contributed by atoms with Gasteiger partial charge >= 0.3 is 5.97 Å². The summed E-state index contributed by atoms with van der Waals surface area (Å²) in [6, 6.07) is 9.66. The predicted octanol–water partition coefficient (Wildman–Crippen LogP) is 2.92. The number of nitrogens with two attached hydrogens (primary N) is 1. The zero-order valence-corrected chi connectivity index (χ0v) is 15.0. The van der Waals surface area contributed by atoms with Gasteiger partial charge in [0, 0.05) is 36.6 Å². The van der Waals surface area contributed by atoms with Crippen LogP contribution in [0.4, 0.5) is 5.69 Å². The highest BCUT2D eigenvalue weighted by molar-refractivity contribution is 5.96. The molecular weight excluding hydrogens is 342 g/mol. The van der Waals surface area contributed by atoms with Crippen molar-refractivity contribution in [2.75, 3.05) is 12.8 Å². The number of anilines is 1. The lowest BCUT2D eigenvalue weighted by Crippen LogP contribution is -2.11. The van der Waals surface area contributed by atoms with E-state index >= 15 is 0 Å². The molecule has 3 heterocycles. The number of nitriles is 1. The van der Waals surface area contributed by atoms with Crippen LogP contribution in [-0.4, -0.2) is 27.2 Å². The molecule has 0 bridgehead atoms. The number of nitrogen functional groups attached to an aromatic ring is 1. The second-order valence-electron chi connectivity index (χ2n) is 6.52. The summed E-state index contributed by atoms with van der Waals surface area (Å²) in [4.78, 5) is 16.8. The van der Waals surface area contributed by atoms with E-state index in [-0.39, 0.29) is 16.9 Å². The molecule has 0 saturated heterocycles. The van der Waals surface area contributed by atoms with Crippen molar-refractivity contribution in [2.45, 2.75) is 25.8 Å². The van der Waals surface area contributed by atoms with E-state index in [1.807, 2.05) is 30.3 Å². The minimum atomic E-state index is -0.583. The Kier molecular flexibility index (Phi) is 4.16. The fourth-order valence-electron chi connectivity index (χ4n) is 3.46. The number of hydrogen-bond donors (Lipinski definition) is 1. The average Bonchev–Trinajstić information content (AvgIpc) is 3.28. The van der Waals surface area contributed by atoms with Crippen LogP contribution >= 0.6 is 0 Å². The number of benzene rings is 1. The van der Waals surface area contributed by atoms with Gasteiger partial charge in [-0.3, -0.25) is 0 Å². The number of carbonyl (C=O) groups excluding carboxylic acids is 1. The van der Waals surface area contributed by atoms with E-state index in [9.17, 15) is 10.1 Å². The Balaban J connectivity index is 1.72. The van der Waals surface area contributed by atoms with Crippen LogP contribution in [0, 0.1) is 11.3 Å². The molecule has 1 aromatic carbocycles. The minimum absolute atomic E-state index is 0.121. The number of carbonyl (C=O) groups is 1. The fourth-order valence-corrected chi connectivity index (χ4v) is 3.46. The van der Waals surface area contributed by atoms with E-state index in [0.29, 0.717) is 0 Å². The van der Waals surface area contributed by atoms with Gasteiger partial charge in [-0.1, -0.05) is 12.1 Å². The first kappa shape index (κ1) is 16.9. The quantitative estimate of drug-likeness (QED) is 0.723. The maximum atomic E-state index is 12.1. The Morgan fingerprint density at radius 1 is 1.26 bits per heavy atom. The summed E-state index contributed by atoms with van der Waals surface area (Å²) in [6.45, 7) is 1.02. The Labute approximate surface area is 156 Å². The summed E-state index contributed by atoms with van der Waals surface area (Å²) in [5.41, 5.74) is 9.12. The number of imidazole rings is 1. The molecule has 0 radical (unpaired) electrons. The number of fused-ring (bicyclic) bond motifs is 1. The SMILES string of the molecule is COC(=O)c1c(N)c(C#N)cn1-c1ccc(-c2cn3c(n2)CCCC3)cc1. The molecule has 7 nitrogen and oxygen atoms in total. The van der Waals surface area contributed by atoms with Gasteiger partial charge in [-0.2, -0.15) is 5.26 Å². The van der Waals surface area contributed by atoms with Crippen molar-refractivity contribution < 1.29 is 9.53 Å². The third-order valence-electron chi connectivity index (χ3n) is 4.89. The summed E-state index contributed by atoms with van der Waals surface area (Å²) >= 11 is 0. The van der Waals surface area contributed by atoms with Crippen molar-refractivity contribution in [3.8, 4) is 23.0 Å². The molecule has 4 rings (SSSR count). The van der Waals surface area contributed by atoms with Crippen LogP contribution in [-0.2, 0) is 17.7 Å². The molecule has 1 aliphatic rings. The zero-order valence-electron chi connectivity index (χ0n) is 15.0. The normalized spacial score (nSPS) is 13.0. The van der Waals surface area contributed by atoms with Crippen LogP contribution in [0.15, 0.2) is 36.7 Å².